The van der Waals surface area contributed by atoms with Gasteiger partial charge in [0.05, 0.1) is 23.8 Å². The third kappa shape index (κ3) is 3.48. The third-order valence-electron chi connectivity index (χ3n) is 3.74. The Bertz CT molecular complexity index is 833. The number of carbonyl (C=O) groups is 2. The number of nitrogens with zero attached hydrogens (tertiary/aromatic N) is 4. The van der Waals surface area contributed by atoms with Crippen molar-refractivity contribution in [2.75, 3.05) is 19.7 Å². The molecule has 1 aromatic heterocycles. The van der Waals surface area contributed by atoms with Crippen LogP contribution in [0.3, 0.4) is 0 Å². The number of morpholine rings is 1. The maximum Gasteiger partial charge on any atom is 0.334 e. The molecule has 1 amide bonds. The zero-order chi connectivity index (χ0) is 18.0. The number of ether oxygens (including phenoxy) is 1. The van der Waals surface area contributed by atoms with E-state index in [-0.39, 0.29) is 31.1 Å². The number of hydrogen-bond donors (Lipinski definition) is 1. The Labute approximate surface area is 141 Å². The van der Waals surface area contributed by atoms with Gasteiger partial charge < -0.3 is 14.7 Å². The zero-order valence-electron chi connectivity index (χ0n) is 12.9. The normalized spacial score (nSPS) is 17.3. The molecule has 1 aliphatic rings. The fraction of sp³-hybridized carbons (Fsp3) is 0.267. The number of nitro benzene ring substituents is 1. The molecule has 0 radical (unpaired) electrons. The zero-order valence-corrected chi connectivity index (χ0v) is 12.9. The lowest BCUT2D eigenvalue weighted by molar-refractivity contribution is -0.384. The second-order valence-electron chi connectivity index (χ2n) is 5.37. The number of carboxylic acid groups (broad SMARTS) is 1. The van der Waals surface area contributed by atoms with Crippen LogP contribution in [-0.2, 0) is 9.53 Å². The molecule has 2 heterocycles. The highest BCUT2D eigenvalue weighted by atomic mass is 16.6. The smallest absolute Gasteiger partial charge is 0.334 e. The van der Waals surface area contributed by atoms with E-state index in [1.165, 1.54) is 40.0 Å². The number of non-ortho nitro benzene ring substituents is 1. The maximum atomic E-state index is 12.5. The van der Waals surface area contributed by atoms with Crippen LogP contribution in [0, 0.1) is 10.1 Å². The van der Waals surface area contributed by atoms with Crippen molar-refractivity contribution in [1.82, 2.24) is 14.7 Å². The van der Waals surface area contributed by atoms with Crippen LogP contribution in [0.2, 0.25) is 0 Å². The molecule has 1 saturated heterocycles. The van der Waals surface area contributed by atoms with E-state index in [1.54, 1.807) is 6.07 Å². The van der Waals surface area contributed by atoms with Crippen molar-refractivity contribution in [2.45, 2.75) is 6.10 Å². The van der Waals surface area contributed by atoms with Crippen LogP contribution in [0.4, 0.5) is 5.69 Å². The lowest BCUT2D eigenvalue weighted by Gasteiger charge is -2.30. The van der Waals surface area contributed by atoms with Crippen LogP contribution in [0.5, 0.6) is 0 Å². The number of benzene rings is 1. The van der Waals surface area contributed by atoms with E-state index in [9.17, 15) is 19.7 Å². The summed E-state index contributed by atoms with van der Waals surface area (Å²) in [5.74, 6) is -1.54. The van der Waals surface area contributed by atoms with Crippen LogP contribution in [0.1, 0.15) is 10.5 Å². The van der Waals surface area contributed by atoms with Crippen LogP contribution < -0.4 is 0 Å². The number of aliphatic carboxylic acids is 1. The first-order chi connectivity index (χ1) is 12.0. The monoisotopic (exact) mass is 346 g/mol. The van der Waals surface area contributed by atoms with E-state index in [0.717, 1.165) is 0 Å². The van der Waals surface area contributed by atoms with Gasteiger partial charge in [0.15, 0.2) is 11.8 Å². The Kier molecular flexibility index (Phi) is 4.44. The number of aromatic nitrogens is 2. The average Bonchev–Trinajstić information content (AvgIpc) is 3.11. The highest BCUT2D eigenvalue weighted by molar-refractivity contribution is 5.92. The Morgan fingerprint density at radius 2 is 2.16 bits per heavy atom. The summed E-state index contributed by atoms with van der Waals surface area (Å²) in [7, 11) is 0. The van der Waals surface area contributed by atoms with E-state index in [4.69, 9.17) is 9.84 Å². The summed E-state index contributed by atoms with van der Waals surface area (Å²) < 4.78 is 6.44. The van der Waals surface area contributed by atoms with Crippen LogP contribution in [0.25, 0.3) is 5.69 Å². The van der Waals surface area contributed by atoms with Gasteiger partial charge in [-0.25, -0.2) is 9.48 Å². The minimum absolute atomic E-state index is 0.0577. The highest BCUT2D eigenvalue weighted by Crippen LogP contribution is 2.17. The molecule has 1 fully saturated rings. The van der Waals surface area contributed by atoms with E-state index >= 15 is 0 Å². The second kappa shape index (κ2) is 6.69. The van der Waals surface area contributed by atoms with Gasteiger partial charge in [-0.05, 0) is 12.1 Å². The SMILES string of the molecule is O=C(O)C1CN(C(=O)c2ccn(-c3cccc([N+](=O)[O-])c3)n2)CCO1. The molecule has 0 saturated carbocycles. The number of carbonyl (C=O) groups excluding carboxylic acids is 1. The summed E-state index contributed by atoms with van der Waals surface area (Å²) in [6.07, 6.45) is 0.457. The molecule has 1 N–H and O–H groups in total. The topological polar surface area (TPSA) is 128 Å². The molecular formula is C15H14N4O6. The molecule has 25 heavy (non-hydrogen) atoms. The number of amides is 1. The van der Waals surface area contributed by atoms with Gasteiger partial charge in [-0.15, -0.1) is 0 Å². The third-order valence-corrected chi connectivity index (χ3v) is 3.74. The molecule has 10 heteroatoms. The molecule has 0 aliphatic carbocycles. The molecular weight excluding hydrogens is 332 g/mol. The highest BCUT2D eigenvalue weighted by Gasteiger charge is 2.30. The summed E-state index contributed by atoms with van der Waals surface area (Å²) in [5, 5.41) is 24.0. The summed E-state index contributed by atoms with van der Waals surface area (Å²) in [6, 6.07) is 7.33. The summed E-state index contributed by atoms with van der Waals surface area (Å²) >= 11 is 0. The Balaban J connectivity index is 1.79. The molecule has 1 unspecified atom stereocenters. The first-order valence-corrected chi connectivity index (χ1v) is 7.40. The van der Waals surface area contributed by atoms with Crippen molar-refractivity contribution >= 4 is 17.6 Å². The first-order valence-electron chi connectivity index (χ1n) is 7.40. The van der Waals surface area contributed by atoms with Crippen molar-refractivity contribution in [3.63, 3.8) is 0 Å². The number of nitro groups is 1. The van der Waals surface area contributed by atoms with Gasteiger partial charge in [0.25, 0.3) is 11.6 Å². The molecule has 0 spiro atoms. The predicted octanol–water partition coefficient (Wildman–Crippen LogP) is 0.706. The number of rotatable bonds is 4. The van der Waals surface area contributed by atoms with Gasteiger partial charge >= 0.3 is 5.97 Å². The van der Waals surface area contributed by atoms with Gasteiger partial charge in [0, 0.05) is 24.9 Å². The standard InChI is InChI=1S/C15H14N4O6/c20-14(17-6-7-25-13(9-17)15(21)22)12-4-5-18(16-12)10-2-1-3-11(8-10)19(23)24/h1-5,8,13H,6-7,9H2,(H,21,22). The van der Waals surface area contributed by atoms with Crippen LogP contribution >= 0.6 is 0 Å². The molecule has 1 aromatic carbocycles. The van der Waals surface area contributed by atoms with Crippen molar-refractivity contribution in [1.29, 1.82) is 0 Å². The van der Waals surface area contributed by atoms with Crippen LogP contribution in [0.15, 0.2) is 36.5 Å². The minimum Gasteiger partial charge on any atom is -0.479 e. The first kappa shape index (κ1) is 16.6. The van der Waals surface area contributed by atoms with E-state index in [0.29, 0.717) is 5.69 Å². The molecule has 2 aromatic rings. The van der Waals surface area contributed by atoms with Gasteiger partial charge in [0.2, 0.25) is 0 Å². The maximum absolute atomic E-state index is 12.5. The number of hydrogen-bond acceptors (Lipinski definition) is 6. The largest absolute Gasteiger partial charge is 0.479 e. The molecule has 3 rings (SSSR count). The Morgan fingerprint density at radius 3 is 2.88 bits per heavy atom. The van der Waals surface area contributed by atoms with Gasteiger partial charge in [-0.2, -0.15) is 5.10 Å². The Hall–Kier alpha value is -3.27. The molecule has 10 nitrogen and oxygen atoms in total. The minimum atomic E-state index is -1.13. The van der Waals surface area contributed by atoms with Crippen molar-refractivity contribution < 1.29 is 24.4 Å². The second-order valence-corrected chi connectivity index (χ2v) is 5.37. The van der Waals surface area contributed by atoms with E-state index in [2.05, 4.69) is 5.10 Å². The summed E-state index contributed by atoms with van der Waals surface area (Å²) in [4.78, 5) is 35.2. The average molecular weight is 346 g/mol. The predicted molar refractivity (Wildman–Crippen MR) is 83.5 cm³/mol. The van der Waals surface area contributed by atoms with E-state index < -0.39 is 22.9 Å². The van der Waals surface area contributed by atoms with E-state index in [1.807, 2.05) is 0 Å². The van der Waals surface area contributed by atoms with Crippen molar-refractivity contribution in [3.8, 4) is 5.69 Å². The fourth-order valence-electron chi connectivity index (χ4n) is 2.48. The molecule has 130 valence electrons. The molecule has 0 bridgehead atoms. The molecule has 1 atom stereocenters. The number of carboxylic acids is 1. The van der Waals surface area contributed by atoms with Gasteiger partial charge in [-0.3, -0.25) is 14.9 Å². The summed E-state index contributed by atoms with van der Waals surface area (Å²) in [5.41, 5.74) is 0.481. The van der Waals surface area contributed by atoms with Crippen LogP contribution in [-0.4, -0.2) is 62.4 Å². The fourth-order valence-corrected chi connectivity index (χ4v) is 2.48. The molecule has 1 aliphatic heterocycles. The van der Waals surface area contributed by atoms with Crippen molar-refractivity contribution in [3.05, 3.63) is 52.3 Å². The lowest BCUT2D eigenvalue weighted by atomic mass is 10.2. The summed E-state index contributed by atoms with van der Waals surface area (Å²) in [6.45, 7) is 0.346. The quantitative estimate of drug-likeness (QED) is 0.637. The Morgan fingerprint density at radius 1 is 1.36 bits per heavy atom. The van der Waals surface area contributed by atoms with Gasteiger partial charge in [0.1, 0.15) is 0 Å². The van der Waals surface area contributed by atoms with Gasteiger partial charge in [-0.1, -0.05) is 6.07 Å². The lowest BCUT2D eigenvalue weighted by Crippen LogP contribution is -2.48. The van der Waals surface area contributed by atoms with Crippen molar-refractivity contribution in [2.24, 2.45) is 0 Å².